The van der Waals surface area contributed by atoms with Gasteiger partial charge in [-0.3, -0.25) is 4.79 Å². The normalized spacial score (nSPS) is 11.3. The number of aliphatic hydroxyl groups excluding tert-OH is 1. The molecule has 18 heavy (non-hydrogen) atoms. The lowest BCUT2D eigenvalue weighted by atomic mass is 9.91. The number of hydrogen-bond donors (Lipinski definition) is 1. The molecule has 0 radical (unpaired) electrons. The lowest BCUT2D eigenvalue weighted by Gasteiger charge is -2.26. The third-order valence-electron chi connectivity index (χ3n) is 2.62. The fourth-order valence-electron chi connectivity index (χ4n) is 1.78. The van der Waals surface area contributed by atoms with Gasteiger partial charge in [0.05, 0.1) is 6.61 Å². The van der Waals surface area contributed by atoms with Gasteiger partial charge in [0.25, 0.3) is 0 Å². The van der Waals surface area contributed by atoms with Crippen molar-refractivity contribution in [3.8, 4) is 0 Å². The van der Waals surface area contributed by atoms with Gasteiger partial charge >= 0.3 is 0 Å². The lowest BCUT2D eigenvalue weighted by Crippen LogP contribution is -2.35. The van der Waals surface area contributed by atoms with E-state index in [1.54, 1.807) is 4.90 Å². The van der Waals surface area contributed by atoms with Gasteiger partial charge in [0, 0.05) is 19.5 Å². The third-order valence-corrected chi connectivity index (χ3v) is 2.62. The van der Waals surface area contributed by atoms with E-state index in [2.05, 4.69) is 0 Å². The monoisotopic (exact) mass is 249 g/mol. The van der Waals surface area contributed by atoms with Crippen LogP contribution in [0.2, 0.25) is 0 Å². The van der Waals surface area contributed by atoms with E-state index in [9.17, 15) is 4.79 Å². The van der Waals surface area contributed by atoms with Crippen molar-refractivity contribution in [1.82, 2.24) is 4.90 Å². The molecule has 0 fully saturated rings. The van der Waals surface area contributed by atoms with Crippen LogP contribution in [0.25, 0.3) is 0 Å². The highest BCUT2D eigenvalue weighted by Gasteiger charge is 2.20. The fraction of sp³-hybridized carbons (Fsp3) is 0.533. The molecule has 0 bridgehead atoms. The maximum atomic E-state index is 12.2. The Morgan fingerprint density at radius 1 is 1.22 bits per heavy atom. The van der Waals surface area contributed by atoms with Gasteiger partial charge in [-0.05, 0) is 11.0 Å². The second-order valence-corrected chi connectivity index (χ2v) is 5.76. The summed E-state index contributed by atoms with van der Waals surface area (Å²) in [4.78, 5) is 13.9. The molecule has 0 saturated carbocycles. The molecule has 3 heteroatoms. The molecule has 0 aliphatic heterocycles. The minimum Gasteiger partial charge on any atom is -0.395 e. The number of hydrogen-bond acceptors (Lipinski definition) is 2. The van der Waals surface area contributed by atoms with Gasteiger partial charge in [-0.25, -0.2) is 0 Å². The second kappa shape index (κ2) is 6.55. The van der Waals surface area contributed by atoms with E-state index < -0.39 is 0 Å². The molecule has 0 saturated heterocycles. The maximum absolute atomic E-state index is 12.2. The highest BCUT2D eigenvalue weighted by molar-refractivity contribution is 5.76. The van der Waals surface area contributed by atoms with Gasteiger partial charge in [-0.2, -0.15) is 0 Å². The van der Waals surface area contributed by atoms with E-state index in [0.717, 1.165) is 5.56 Å². The van der Waals surface area contributed by atoms with E-state index in [1.807, 2.05) is 51.1 Å². The van der Waals surface area contributed by atoms with Crippen molar-refractivity contribution in [3.05, 3.63) is 35.9 Å². The smallest absolute Gasteiger partial charge is 0.223 e. The molecule has 1 N–H and O–H groups in total. The quantitative estimate of drug-likeness (QED) is 0.870. The van der Waals surface area contributed by atoms with Crippen molar-refractivity contribution in [2.75, 3.05) is 13.2 Å². The van der Waals surface area contributed by atoms with Crippen LogP contribution in [0, 0.1) is 5.41 Å². The van der Waals surface area contributed by atoms with Crippen LogP contribution in [0.15, 0.2) is 30.3 Å². The van der Waals surface area contributed by atoms with Crippen LogP contribution in [-0.2, 0) is 11.3 Å². The average Bonchev–Trinajstić information content (AvgIpc) is 2.27. The molecule has 0 aromatic heterocycles. The SMILES string of the molecule is CC(C)(C)CC(=O)N(CCO)Cc1ccccc1. The van der Waals surface area contributed by atoms with Crippen molar-refractivity contribution in [2.45, 2.75) is 33.7 Å². The van der Waals surface area contributed by atoms with E-state index >= 15 is 0 Å². The summed E-state index contributed by atoms with van der Waals surface area (Å²) in [5, 5.41) is 9.07. The number of amides is 1. The van der Waals surface area contributed by atoms with Gasteiger partial charge in [0.2, 0.25) is 5.91 Å². The zero-order valence-electron chi connectivity index (χ0n) is 11.5. The molecule has 1 amide bonds. The Balaban J connectivity index is 2.68. The van der Waals surface area contributed by atoms with Crippen molar-refractivity contribution < 1.29 is 9.90 Å². The molecule has 3 nitrogen and oxygen atoms in total. The number of rotatable bonds is 5. The van der Waals surface area contributed by atoms with Crippen molar-refractivity contribution in [3.63, 3.8) is 0 Å². The van der Waals surface area contributed by atoms with Crippen molar-refractivity contribution >= 4 is 5.91 Å². The summed E-state index contributed by atoms with van der Waals surface area (Å²) in [6.07, 6.45) is 0.500. The Labute approximate surface area is 109 Å². The minimum absolute atomic E-state index is 0.00269. The first kappa shape index (κ1) is 14.7. The number of carbonyl (C=O) groups is 1. The molecular formula is C15H23NO2. The van der Waals surface area contributed by atoms with Crippen LogP contribution in [0.1, 0.15) is 32.8 Å². The predicted octanol–water partition coefficient (Wildman–Crippen LogP) is 2.44. The van der Waals surface area contributed by atoms with Gasteiger partial charge < -0.3 is 10.0 Å². The Kier molecular flexibility index (Phi) is 5.35. The Morgan fingerprint density at radius 3 is 2.33 bits per heavy atom. The number of benzene rings is 1. The van der Waals surface area contributed by atoms with Crippen LogP contribution < -0.4 is 0 Å². The molecule has 100 valence electrons. The first-order valence-corrected chi connectivity index (χ1v) is 6.35. The Bertz CT molecular complexity index is 368. The van der Waals surface area contributed by atoms with E-state index in [0.29, 0.717) is 19.5 Å². The zero-order valence-corrected chi connectivity index (χ0v) is 11.5. The number of nitrogens with zero attached hydrogens (tertiary/aromatic N) is 1. The van der Waals surface area contributed by atoms with E-state index in [4.69, 9.17) is 5.11 Å². The average molecular weight is 249 g/mol. The van der Waals surface area contributed by atoms with Crippen LogP contribution in [0.4, 0.5) is 0 Å². The van der Waals surface area contributed by atoms with Gasteiger partial charge in [-0.15, -0.1) is 0 Å². The molecule has 1 aromatic carbocycles. The number of aliphatic hydroxyl groups is 1. The second-order valence-electron chi connectivity index (χ2n) is 5.76. The summed E-state index contributed by atoms with van der Waals surface area (Å²) in [6, 6.07) is 9.86. The highest BCUT2D eigenvalue weighted by Crippen LogP contribution is 2.20. The lowest BCUT2D eigenvalue weighted by molar-refractivity contribution is -0.134. The topological polar surface area (TPSA) is 40.5 Å². The van der Waals surface area contributed by atoms with Gasteiger partial charge in [-0.1, -0.05) is 51.1 Å². The van der Waals surface area contributed by atoms with Crippen LogP contribution >= 0.6 is 0 Å². The van der Waals surface area contributed by atoms with Crippen LogP contribution in [0.5, 0.6) is 0 Å². The van der Waals surface area contributed by atoms with Gasteiger partial charge in [0.1, 0.15) is 0 Å². The molecule has 1 aromatic rings. The minimum atomic E-state index is -0.0263. The molecule has 0 spiro atoms. The summed E-state index contributed by atoms with van der Waals surface area (Å²) >= 11 is 0. The number of carbonyl (C=O) groups excluding carboxylic acids is 1. The molecule has 1 rings (SSSR count). The first-order chi connectivity index (χ1) is 8.42. The zero-order chi connectivity index (χ0) is 13.6. The fourth-order valence-corrected chi connectivity index (χ4v) is 1.78. The molecular weight excluding hydrogens is 226 g/mol. The third kappa shape index (κ3) is 5.32. The largest absolute Gasteiger partial charge is 0.395 e. The van der Waals surface area contributed by atoms with Crippen LogP contribution in [0.3, 0.4) is 0 Å². The van der Waals surface area contributed by atoms with Gasteiger partial charge in [0.15, 0.2) is 0 Å². The van der Waals surface area contributed by atoms with E-state index in [1.165, 1.54) is 0 Å². The van der Waals surface area contributed by atoms with Crippen molar-refractivity contribution in [1.29, 1.82) is 0 Å². The summed E-state index contributed by atoms with van der Waals surface area (Å²) < 4.78 is 0. The van der Waals surface area contributed by atoms with Crippen LogP contribution in [-0.4, -0.2) is 29.1 Å². The summed E-state index contributed by atoms with van der Waals surface area (Å²) in [7, 11) is 0. The molecule has 0 heterocycles. The molecule has 0 aliphatic rings. The Morgan fingerprint density at radius 2 is 1.83 bits per heavy atom. The summed E-state index contributed by atoms with van der Waals surface area (Å²) in [5.41, 5.74) is 1.06. The molecule has 0 aliphatic carbocycles. The predicted molar refractivity (Wildman–Crippen MR) is 73.0 cm³/mol. The first-order valence-electron chi connectivity index (χ1n) is 6.35. The van der Waals surface area contributed by atoms with E-state index in [-0.39, 0.29) is 17.9 Å². The standard InChI is InChI=1S/C15H23NO2/c1-15(2,3)11-14(18)16(9-10-17)12-13-7-5-4-6-8-13/h4-8,17H,9-12H2,1-3H3. The molecule has 0 unspecified atom stereocenters. The van der Waals surface area contributed by atoms with Crippen molar-refractivity contribution in [2.24, 2.45) is 5.41 Å². The Hall–Kier alpha value is -1.35. The summed E-state index contributed by atoms with van der Waals surface area (Å²) in [5.74, 6) is 0.0976. The summed E-state index contributed by atoms with van der Waals surface area (Å²) in [6.45, 7) is 7.10. The molecule has 0 atom stereocenters. The maximum Gasteiger partial charge on any atom is 0.223 e. The highest BCUT2D eigenvalue weighted by atomic mass is 16.3.